The Bertz CT molecular complexity index is 1430. The van der Waals surface area contributed by atoms with E-state index in [1.165, 1.54) is 55.6 Å². The van der Waals surface area contributed by atoms with Crippen LogP contribution in [-0.4, -0.2) is 54.1 Å². The molecule has 41 heavy (non-hydrogen) atoms. The number of amides is 1. The van der Waals surface area contributed by atoms with E-state index < -0.39 is 35.5 Å². The Kier molecular flexibility index (Phi) is 9.83. The van der Waals surface area contributed by atoms with E-state index in [4.69, 9.17) is 31.6 Å². The SMILES string of the molecule is COc1cc(C(=O)NC[C@](O)(c2cc(C(C)(C)NCl)cc(-c3ccc(C#N)cc3)n2)C(F)(F)F)ccc1OCCO. The van der Waals surface area contributed by atoms with Gasteiger partial charge in [0.25, 0.3) is 5.91 Å². The predicted octanol–water partition coefficient (Wildman–Crippen LogP) is 4.16. The van der Waals surface area contributed by atoms with E-state index in [0.717, 1.165) is 6.07 Å². The first kappa shape index (κ1) is 31.6. The molecule has 4 N–H and O–H groups in total. The second kappa shape index (κ2) is 12.7. The molecule has 1 aromatic heterocycles. The van der Waals surface area contributed by atoms with Crippen LogP contribution in [0.5, 0.6) is 11.5 Å². The molecule has 0 aliphatic rings. The van der Waals surface area contributed by atoms with Crippen LogP contribution in [0.1, 0.15) is 41.0 Å². The lowest BCUT2D eigenvalue weighted by Gasteiger charge is -2.32. The van der Waals surface area contributed by atoms with E-state index in [0.29, 0.717) is 11.1 Å². The molecule has 13 heteroatoms. The van der Waals surface area contributed by atoms with Gasteiger partial charge in [0.2, 0.25) is 5.60 Å². The molecule has 2 aromatic carbocycles. The quantitative estimate of drug-likeness (QED) is 0.244. The normalized spacial score (nSPS) is 13.2. The molecular weight excluding hydrogens is 565 g/mol. The Hall–Kier alpha value is -3.89. The summed E-state index contributed by atoms with van der Waals surface area (Å²) in [6.45, 7) is 1.68. The third-order valence-corrected chi connectivity index (χ3v) is 6.74. The topological polar surface area (TPSA) is 137 Å². The Labute approximate surface area is 239 Å². The largest absolute Gasteiger partial charge is 0.493 e. The minimum atomic E-state index is -5.26. The maximum Gasteiger partial charge on any atom is 0.424 e. The molecule has 0 saturated heterocycles. The van der Waals surface area contributed by atoms with Crippen LogP contribution in [0, 0.1) is 11.3 Å². The van der Waals surface area contributed by atoms with E-state index in [1.54, 1.807) is 13.8 Å². The van der Waals surface area contributed by atoms with Gasteiger partial charge in [-0.05, 0) is 73.7 Å². The van der Waals surface area contributed by atoms with Crippen molar-refractivity contribution in [2.24, 2.45) is 0 Å². The summed E-state index contributed by atoms with van der Waals surface area (Å²) in [6.07, 6.45) is -5.26. The molecule has 1 atom stereocenters. The van der Waals surface area contributed by atoms with Crippen molar-refractivity contribution in [2.75, 3.05) is 26.9 Å². The fraction of sp³-hybridized carbons (Fsp3) is 0.321. The van der Waals surface area contributed by atoms with E-state index in [2.05, 4.69) is 15.1 Å². The molecule has 0 fully saturated rings. The molecular formula is C28H28ClF3N4O5. The molecule has 0 bridgehead atoms. The average Bonchev–Trinajstić information content (AvgIpc) is 2.97. The standard InChI is InChI=1S/C28H28ClF3N4O5/c1-26(2,36-29)20-13-21(18-6-4-17(15-33)5-7-18)35-24(14-20)27(39,28(30,31)32)16-34-25(38)19-8-9-22(41-11-10-37)23(12-19)40-3/h4-9,12-14,36-37,39H,10-11,16H2,1-3H3,(H,34,38)/t27-/m0/s1. The van der Waals surface area contributed by atoms with Crippen molar-refractivity contribution in [1.29, 1.82) is 5.26 Å². The first-order chi connectivity index (χ1) is 19.3. The first-order valence-corrected chi connectivity index (χ1v) is 12.6. The zero-order valence-corrected chi connectivity index (χ0v) is 23.1. The number of carbonyl (C=O) groups excluding carboxylic acids is 1. The molecule has 9 nitrogen and oxygen atoms in total. The summed E-state index contributed by atoms with van der Waals surface area (Å²) in [5.41, 5.74) is -4.40. The number of halogens is 4. The third kappa shape index (κ3) is 7.07. The molecule has 3 rings (SSSR count). The Balaban J connectivity index is 2.03. The van der Waals surface area contributed by atoms with Crippen LogP contribution < -0.4 is 19.6 Å². The van der Waals surface area contributed by atoms with Crippen LogP contribution in [0.4, 0.5) is 13.2 Å². The Morgan fingerprint density at radius 3 is 2.34 bits per heavy atom. The molecule has 0 aliphatic carbocycles. The van der Waals surface area contributed by atoms with Gasteiger partial charge in [0, 0.05) is 11.1 Å². The fourth-order valence-electron chi connectivity index (χ4n) is 3.75. The number of aliphatic hydroxyl groups is 2. The number of methoxy groups -OCH3 is 1. The minimum Gasteiger partial charge on any atom is -0.493 e. The van der Waals surface area contributed by atoms with Gasteiger partial charge in [-0.2, -0.15) is 18.4 Å². The van der Waals surface area contributed by atoms with Gasteiger partial charge in [0.05, 0.1) is 48.8 Å². The molecule has 0 radical (unpaired) electrons. The number of hydrogen-bond acceptors (Lipinski definition) is 8. The van der Waals surface area contributed by atoms with Crippen LogP contribution in [0.3, 0.4) is 0 Å². The number of pyridine rings is 1. The van der Waals surface area contributed by atoms with Crippen LogP contribution >= 0.6 is 11.8 Å². The first-order valence-electron chi connectivity index (χ1n) is 12.2. The van der Waals surface area contributed by atoms with Crippen molar-refractivity contribution in [3.8, 4) is 28.8 Å². The summed E-state index contributed by atoms with van der Waals surface area (Å²) in [7, 11) is 1.31. The van der Waals surface area contributed by atoms with Crippen LogP contribution in [-0.2, 0) is 11.1 Å². The number of hydrogen-bond donors (Lipinski definition) is 4. The molecule has 3 aromatic rings. The maximum atomic E-state index is 14.5. The molecule has 0 aliphatic heterocycles. The van der Waals surface area contributed by atoms with Crippen molar-refractivity contribution in [2.45, 2.75) is 31.2 Å². The van der Waals surface area contributed by atoms with Crippen LogP contribution in [0.25, 0.3) is 11.3 Å². The molecule has 1 heterocycles. The lowest BCUT2D eigenvalue weighted by Crippen LogP contribution is -2.51. The molecule has 0 saturated carbocycles. The number of aliphatic hydroxyl groups excluding tert-OH is 1. The van der Waals surface area contributed by atoms with Crippen molar-refractivity contribution in [1.82, 2.24) is 15.1 Å². The van der Waals surface area contributed by atoms with Gasteiger partial charge < -0.3 is 25.0 Å². The van der Waals surface area contributed by atoms with E-state index in [-0.39, 0.29) is 41.5 Å². The number of alkyl halides is 3. The summed E-state index contributed by atoms with van der Waals surface area (Å²) in [6, 6.07) is 14.5. The lowest BCUT2D eigenvalue weighted by atomic mass is 9.89. The summed E-state index contributed by atoms with van der Waals surface area (Å²) in [4.78, 5) is 19.5. The van der Waals surface area contributed by atoms with Gasteiger partial charge >= 0.3 is 6.18 Å². The van der Waals surface area contributed by atoms with E-state index >= 15 is 0 Å². The second-order valence-electron chi connectivity index (χ2n) is 9.51. The maximum absolute atomic E-state index is 14.5. The monoisotopic (exact) mass is 592 g/mol. The molecule has 1 amide bonds. The zero-order chi connectivity index (χ0) is 30.4. The number of carbonyl (C=O) groups is 1. The van der Waals surface area contributed by atoms with Gasteiger partial charge in [-0.3, -0.25) is 4.79 Å². The third-order valence-electron chi connectivity index (χ3n) is 6.27. The van der Waals surface area contributed by atoms with Crippen LogP contribution in [0.2, 0.25) is 0 Å². The Morgan fingerprint density at radius 2 is 1.78 bits per heavy atom. The summed E-state index contributed by atoms with van der Waals surface area (Å²) < 4.78 is 54.0. The molecule has 218 valence electrons. The van der Waals surface area contributed by atoms with Crippen LogP contribution in [0.15, 0.2) is 54.6 Å². The number of nitrogens with one attached hydrogen (secondary N) is 2. The number of nitriles is 1. The van der Waals surface area contributed by atoms with Gasteiger partial charge in [-0.25, -0.2) is 9.82 Å². The number of benzene rings is 2. The molecule has 0 unspecified atom stereocenters. The van der Waals surface area contributed by atoms with Gasteiger partial charge in [0.15, 0.2) is 11.5 Å². The second-order valence-corrected chi connectivity index (χ2v) is 9.70. The van der Waals surface area contributed by atoms with Gasteiger partial charge in [-0.1, -0.05) is 12.1 Å². The highest BCUT2D eigenvalue weighted by molar-refractivity contribution is 6.13. The zero-order valence-electron chi connectivity index (χ0n) is 22.3. The number of aromatic nitrogens is 1. The van der Waals surface area contributed by atoms with Crippen molar-refractivity contribution >= 4 is 17.7 Å². The number of rotatable bonds is 11. The summed E-state index contributed by atoms with van der Waals surface area (Å²) in [5.74, 6) is -0.586. The summed E-state index contributed by atoms with van der Waals surface area (Å²) in [5, 5.41) is 31.3. The minimum absolute atomic E-state index is 0.0346. The Morgan fingerprint density at radius 1 is 1.10 bits per heavy atom. The van der Waals surface area contributed by atoms with Gasteiger partial charge in [0.1, 0.15) is 6.61 Å². The highest BCUT2D eigenvalue weighted by atomic mass is 35.5. The van der Waals surface area contributed by atoms with Crippen molar-refractivity contribution in [3.05, 3.63) is 77.0 Å². The van der Waals surface area contributed by atoms with Crippen molar-refractivity contribution < 1.29 is 37.7 Å². The highest BCUT2D eigenvalue weighted by Gasteiger charge is 2.56. The fourth-order valence-corrected chi connectivity index (χ4v) is 3.86. The molecule has 0 spiro atoms. The average molecular weight is 593 g/mol. The van der Waals surface area contributed by atoms with E-state index in [1.807, 2.05) is 6.07 Å². The number of ether oxygens (including phenoxy) is 2. The van der Waals surface area contributed by atoms with Gasteiger partial charge in [-0.15, -0.1) is 0 Å². The van der Waals surface area contributed by atoms with E-state index in [9.17, 15) is 23.1 Å². The highest BCUT2D eigenvalue weighted by Crippen LogP contribution is 2.40. The summed E-state index contributed by atoms with van der Waals surface area (Å²) >= 11 is 5.88. The van der Waals surface area contributed by atoms with Crippen molar-refractivity contribution in [3.63, 3.8) is 0 Å². The lowest BCUT2D eigenvalue weighted by molar-refractivity contribution is -0.265. The predicted molar refractivity (Wildman–Crippen MR) is 144 cm³/mol. The smallest absolute Gasteiger partial charge is 0.424 e. The number of nitrogens with zero attached hydrogens (tertiary/aromatic N) is 2.